The molecule has 2 heterocycles. The number of rotatable bonds is 5. The van der Waals surface area contributed by atoms with Gasteiger partial charge in [0, 0.05) is 40.8 Å². The first kappa shape index (κ1) is 23.3. The van der Waals surface area contributed by atoms with Crippen LogP contribution in [0.1, 0.15) is 34.5 Å². The van der Waals surface area contributed by atoms with Crippen LogP contribution in [0.4, 0.5) is 11.4 Å². The van der Waals surface area contributed by atoms with Gasteiger partial charge in [0.25, 0.3) is 10.7 Å². The van der Waals surface area contributed by atoms with E-state index >= 15 is 0 Å². The molecular weight excluding hydrogens is 480 g/mol. The van der Waals surface area contributed by atoms with Crippen LogP contribution in [0.15, 0.2) is 71.1 Å². The molecule has 7 nitrogen and oxygen atoms in total. The van der Waals surface area contributed by atoms with Crippen molar-refractivity contribution >= 4 is 49.7 Å². The van der Waals surface area contributed by atoms with E-state index in [2.05, 4.69) is 6.55 Å². The summed E-state index contributed by atoms with van der Waals surface area (Å²) in [5.74, 6) is 0.208. The predicted octanol–water partition coefficient (Wildman–Crippen LogP) is 4.58. The second-order valence-corrected chi connectivity index (χ2v) is 10.7. The highest BCUT2D eigenvalue weighted by Gasteiger charge is 2.49. The molecule has 0 bridgehead atoms. The summed E-state index contributed by atoms with van der Waals surface area (Å²) in [6.07, 6.45) is 0.622. The number of ether oxygens (including phenoxy) is 1. The first-order valence-corrected chi connectivity index (χ1v) is 13.3. The molecule has 2 radical (unpaired) electrons. The van der Waals surface area contributed by atoms with Crippen molar-refractivity contribution in [2.75, 3.05) is 11.9 Å². The zero-order valence-electron chi connectivity index (χ0n) is 19.3. The summed E-state index contributed by atoms with van der Waals surface area (Å²) < 4.78 is 6.43. The summed E-state index contributed by atoms with van der Waals surface area (Å²) in [6.45, 7) is 4.00. The molecule has 0 saturated carbocycles. The van der Waals surface area contributed by atoms with E-state index in [0.29, 0.717) is 32.0 Å². The van der Waals surface area contributed by atoms with Gasteiger partial charge in [0.15, 0.2) is 5.78 Å². The number of nitrogens with zero attached hydrogens (tertiary/aromatic N) is 2. The SMILES string of the molecule is C[Si]c1ccc(C(=O)C(O)c2ccc3c(c2)N(C)C2(Oc4ccc([N+](=O)[O-])cc4C=C2C)S3)cc1. The van der Waals surface area contributed by atoms with Crippen LogP contribution in [0.2, 0.25) is 6.55 Å². The van der Waals surface area contributed by atoms with E-state index in [1.807, 2.05) is 49.2 Å². The molecule has 176 valence electrons. The summed E-state index contributed by atoms with van der Waals surface area (Å²) in [5.41, 5.74) is 3.36. The van der Waals surface area contributed by atoms with Gasteiger partial charge < -0.3 is 14.7 Å². The van der Waals surface area contributed by atoms with Crippen molar-refractivity contribution in [2.45, 2.75) is 29.5 Å². The molecule has 35 heavy (non-hydrogen) atoms. The molecule has 5 rings (SSSR count). The first-order valence-electron chi connectivity index (χ1n) is 11.0. The molecule has 3 aromatic rings. The summed E-state index contributed by atoms with van der Waals surface area (Å²) in [7, 11) is 2.54. The Hall–Kier alpha value is -3.40. The maximum atomic E-state index is 12.9. The Kier molecular flexibility index (Phi) is 5.78. The highest BCUT2D eigenvalue weighted by atomic mass is 32.2. The summed E-state index contributed by atoms with van der Waals surface area (Å²) in [6, 6.07) is 17.4. The van der Waals surface area contributed by atoms with Crippen molar-refractivity contribution in [1.29, 1.82) is 0 Å². The molecule has 1 N–H and O–H groups in total. The van der Waals surface area contributed by atoms with Crippen LogP contribution >= 0.6 is 11.8 Å². The number of aliphatic hydroxyl groups excluding tert-OH is 1. The number of fused-ring (bicyclic) bond motifs is 2. The average molecular weight is 503 g/mol. The molecule has 2 aliphatic rings. The lowest BCUT2D eigenvalue weighted by atomic mass is 9.99. The Morgan fingerprint density at radius 1 is 1.17 bits per heavy atom. The van der Waals surface area contributed by atoms with Crippen molar-refractivity contribution < 1.29 is 19.6 Å². The summed E-state index contributed by atoms with van der Waals surface area (Å²) in [4.78, 5) is 26.6. The third-order valence-electron chi connectivity index (χ3n) is 6.38. The second-order valence-electron chi connectivity index (χ2n) is 8.47. The number of carbonyl (C=O) groups excluding carboxylic acids is 1. The van der Waals surface area contributed by atoms with Crippen LogP contribution in [0.3, 0.4) is 0 Å². The van der Waals surface area contributed by atoms with Crippen LogP contribution in [-0.4, -0.2) is 37.4 Å². The van der Waals surface area contributed by atoms with Gasteiger partial charge in [-0.2, -0.15) is 0 Å². The lowest BCUT2D eigenvalue weighted by molar-refractivity contribution is -0.384. The van der Waals surface area contributed by atoms with Gasteiger partial charge in [-0.1, -0.05) is 42.1 Å². The van der Waals surface area contributed by atoms with E-state index in [9.17, 15) is 20.0 Å². The summed E-state index contributed by atoms with van der Waals surface area (Å²) >= 11 is 1.51. The number of benzene rings is 3. The van der Waals surface area contributed by atoms with Crippen molar-refractivity contribution in [3.8, 4) is 5.75 Å². The van der Waals surface area contributed by atoms with Crippen LogP contribution < -0.4 is 14.8 Å². The fourth-order valence-electron chi connectivity index (χ4n) is 4.38. The lowest BCUT2D eigenvalue weighted by Crippen LogP contribution is -2.48. The fourth-order valence-corrected chi connectivity index (χ4v) is 6.20. The van der Waals surface area contributed by atoms with Gasteiger partial charge in [-0.15, -0.1) is 0 Å². The Morgan fingerprint density at radius 2 is 1.91 bits per heavy atom. The van der Waals surface area contributed by atoms with Gasteiger partial charge in [-0.25, -0.2) is 0 Å². The average Bonchev–Trinajstić information content (AvgIpc) is 3.15. The predicted molar refractivity (Wildman–Crippen MR) is 138 cm³/mol. The summed E-state index contributed by atoms with van der Waals surface area (Å²) in [5, 5.41) is 22.3. The number of nitro benzene ring substituents is 1. The van der Waals surface area contributed by atoms with E-state index in [1.54, 1.807) is 24.3 Å². The van der Waals surface area contributed by atoms with E-state index in [1.165, 1.54) is 23.9 Å². The monoisotopic (exact) mass is 502 g/mol. The molecule has 1 spiro atoms. The fraction of sp³-hybridized carbons (Fsp3) is 0.192. The molecule has 0 amide bonds. The number of hydrogen-bond donors (Lipinski definition) is 1. The number of hydrogen-bond acceptors (Lipinski definition) is 7. The van der Waals surface area contributed by atoms with Gasteiger partial charge in [0.1, 0.15) is 11.9 Å². The van der Waals surface area contributed by atoms with Crippen LogP contribution in [0, 0.1) is 10.1 Å². The standard InChI is InChI=1S/C26H22N2O5SSi/c1-15-12-18-13-19(28(31)32)7-10-22(18)33-26(15)27(2)21-14-17(6-11-23(21)34-26)25(30)24(29)16-4-8-20(35-3)9-5-16/h4-14,25,30H,1-3H3. The molecule has 2 unspecified atom stereocenters. The third-order valence-corrected chi connectivity index (χ3v) is 8.81. The first-order chi connectivity index (χ1) is 16.7. The number of non-ortho nitro benzene ring substituents is 1. The van der Waals surface area contributed by atoms with E-state index < -0.39 is 16.1 Å². The van der Waals surface area contributed by atoms with Gasteiger partial charge in [0.2, 0.25) is 0 Å². The maximum Gasteiger partial charge on any atom is 0.270 e. The minimum Gasteiger partial charge on any atom is -0.454 e. The number of ketones is 1. The number of likely N-dealkylation sites (N-methyl/N-ethyl adjacent to an activating group) is 1. The highest BCUT2D eigenvalue weighted by Crippen LogP contribution is 2.56. The quantitative estimate of drug-likeness (QED) is 0.236. The number of carbonyl (C=O) groups is 1. The largest absolute Gasteiger partial charge is 0.454 e. The Bertz CT molecular complexity index is 1390. The van der Waals surface area contributed by atoms with E-state index in [4.69, 9.17) is 4.74 Å². The number of anilines is 1. The van der Waals surface area contributed by atoms with Gasteiger partial charge >= 0.3 is 0 Å². The zero-order chi connectivity index (χ0) is 24.9. The lowest BCUT2D eigenvalue weighted by Gasteiger charge is -2.40. The normalized spacial score (nSPS) is 19.0. The van der Waals surface area contributed by atoms with Crippen molar-refractivity contribution in [2.24, 2.45) is 0 Å². The number of nitro groups is 1. The van der Waals surface area contributed by atoms with Gasteiger partial charge in [0.05, 0.1) is 20.1 Å². The molecule has 0 aliphatic carbocycles. The van der Waals surface area contributed by atoms with Crippen LogP contribution in [0.5, 0.6) is 5.75 Å². The minimum atomic E-state index is -1.28. The van der Waals surface area contributed by atoms with E-state index in [0.717, 1.165) is 21.3 Å². The molecule has 0 fully saturated rings. The van der Waals surface area contributed by atoms with Gasteiger partial charge in [-0.05, 0) is 48.5 Å². The number of Topliss-reactive ketones (excluding diaryl/α,β-unsaturated/α-hetero) is 1. The molecule has 0 saturated heterocycles. The molecule has 9 heteroatoms. The van der Waals surface area contributed by atoms with Gasteiger partial charge in [-0.3, -0.25) is 14.9 Å². The number of aliphatic hydroxyl groups is 1. The second kappa shape index (κ2) is 8.67. The van der Waals surface area contributed by atoms with Crippen molar-refractivity contribution in [3.05, 3.63) is 93.0 Å². The van der Waals surface area contributed by atoms with Crippen LogP contribution in [0.25, 0.3) is 6.08 Å². The van der Waals surface area contributed by atoms with E-state index in [-0.39, 0.29) is 11.5 Å². The molecule has 0 aromatic heterocycles. The number of thioether (sulfide) groups is 1. The smallest absolute Gasteiger partial charge is 0.270 e. The third kappa shape index (κ3) is 3.85. The maximum absolute atomic E-state index is 12.9. The molecular formula is C26H22N2O5SSi. The topological polar surface area (TPSA) is 92.9 Å². The molecule has 3 aromatic carbocycles. The molecule has 2 atom stereocenters. The minimum absolute atomic E-state index is 0.0103. The molecule has 2 aliphatic heterocycles. The Labute approximate surface area is 209 Å². The Balaban J connectivity index is 1.44. The van der Waals surface area contributed by atoms with Crippen molar-refractivity contribution in [3.63, 3.8) is 0 Å². The zero-order valence-corrected chi connectivity index (χ0v) is 21.1. The van der Waals surface area contributed by atoms with Crippen molar-refractivity contribution in [1.82, 2.24) is 0 Å². The Morgan fingerprint density at radius 3 is 2.60 bits per heavy atom. The highest BCUT2D eigenvalue weighted by molar-refractivity contribution is 8.01. The van der Waals surface area contributed by atoms with Crippen LogP contribution in [-0.2, 0) is 0 Å².